The molecule has 1 atom stereocenters. The first-order valence-corrected chi connectivity index (χ1v) is 7.12. The molecule has 3 N–H and O–H groups in total. The first-order chi connectivity index (χ1) is 9.51. The van der Waals surface area contributed by atoms with Gasteiger partial charge in [-0.1, -0.05) is 24.3 Å². The van der Waals surface area contributed by atoms with Crippen molar-refractivity contribution in [3.63, 3.8) is 0 Å². The molecule has 2 aromatic carbocycles. The van der Waals surface area contributed by atoms with Gasteiger partial charge in [0.15, 0.2) is 0 Å². The summed E-state index contributed by atoms with van der Waals surface area (Å²) in [6, 6.07) is 13.1. The smallest absolute Gasteiger partial charge is 0.0638 e. The van der Waals surface area contributed by atoms with Crippen LogP contribution in [0.4, 0.5) is 5.69 Å². The monoisotopic (exact) mass is 268 g/mol. The predicted octanol–water partition coefficient (Wildman–Crippen LogP) is 4.03. The van der Waals surface area contributed by atoms with Gasteiger partial charge in [0.1, 0.15) is 0 Å². The molecule has 106 valence electrons. The summed E-state index contributed by atoms with van der Waals surface area (Å²) in [4.78, 5) is 0. The van der Waals surface area contributed by atoms with Crippen molar-refractivity contribution in [1.82, 2.24) is 0 Å². The molecule has 0 spiro atoms. The number of aryl methyl sites for hydroxylation is 4. The van der Waals surface area contributed by atoms with Gasteiger partial charge in [0, 0.05) is 12.2 Å². The average Bonchev–Trinajstić information content (AvgIpc) is 2.40. The molecule has 0 saturated heterocycles. The first kappa shape index (κ1) is 14.6. The van der Waals surface area contributed by atoms with Crippen molar-refractivity contribution in [3.8, 4) is 0 Å². The Morgan fingerprint density at radius 1 is 0.950 bits per heavy atom. The second-order valence-electron chi connectivity index (χ2n) is 5.60. The maximum absolute atomic E-state index is 5.99. The minimum Gasteiger partial charge on any atom is -0.377 e. The predicted molar refractivity (Wildman–Crippen MR) is 87.3 cm³/mol. The van der Waals surface area contributed by atoms with Crippen LogP contribution in [0.1, 0.15) is 33.9 Å². The summed E-state index contributed by atoms with van der Waals surface area (Å²) in [7, 11) is 0. The minimum absolute atomic E-state index is 0.149. The van der Waals surface area contributed by atoms with Crippen molar-refractivity contribution in [1.29, 1.82) is 0 Å². The van der Waals surface area contributed by atoms with Crippen LogP contribution in [0.25, 0.3) is 0 Å². The Balaban J connectivity index is 2.31. The molecule has 0 fully saturated rings. The normalized spacial score (nSPS) is 12.2. The van der Waals surface area contributed by atoms with E-state index < -0.39 is 0 Å². The molecule has 0 heterocycles. The summed E-state index contributed by atoms with van der Waals surface area (Å²) in [6.45, 7) is 9.14. The van der Waals surface area contributed by atoms with Gasteiger partial charge in [-0.05, 0) is 67.6 Å². The van der Waals surface area contributed by atoms with Crippen LogP contribution >= 0.6 is 0 Å². The Bertz CT molecular complexity index is 602. The molecule has 1 unspecified atom stereocenters. The van der Waals surface area contributed by atoms with Crippen LogP contribution in [0.15, 0.2) is 36.4 Å². The highest BCUT2D eigenvalue weighted by molar-refractivity contribution is 5.49. The summed E-state index contributed by atoms with van der Waals surface area (Å²) in [5.41, 5.74) is 13.6. The van der Waals surface area contributed by atoms with Gasteiger partial charge in [-0.3, -0.25) is 0 Å². The van der Waals surface area contributed by atoms with E-state index in [1.807, 2.05) is 0 Å². The fourth-order valence-electron chi connectivity index (χ4n) is 2.56. The van der Waals surface area contributed by atoms with Crippen molar-refractivity contribution >= 4 is 5.69 Å². The lowest BCUT2D eigenvalue weighted by molar-refractivity contribution is 0.781. The van der Waals surface area contributed by atoms with Crippen molar-refractivity contribution < 1.29 is 0 Å². The highest BCUT2D eigenvalue weighted by Gasteiger charge is 2.13. The van der Waals surface area contributed by atoms with Crippen LogP contribution in [0.2, 0.25) is 0 Å². The molecular weight excluding hydrogens is 244 g/mol. The fraction of sp³-hybridized carbons (Fsp3) is 0.333. The summed E-state index contributed by atoms with van der Waals surface area (Å²) < 4.78 is 0. The number of benzene rings is 2. The number of anilines is 1. The molecule has 2 heteroatoms. The van der Waals surface area contributed by atoms with Crippen molar-refractivity contribution in [2.75, 3.05) is 11.9 Å². The Morgan fingerprint density at radius 3 is 2.30 bits per heavy atom. The van der Waals surface area contributed by atoms with Crippen LogP contribution < -0.4 is 11.1 Å². The fourth-order valence-corrected chi connectivity index (χ4v) is 2.56. The van der Waals surface area contributed by atoms with Crippen molar-refractivity contribution in [2.24, 2.45) is 5.73 Å². The summed E-state index contributed by atoms with van der Waals surface area (Å²) in [5.74, 6) is 0. The maximum Gasteiger partial charge on any atom is 0.0638 e. The van der Waals surface area contributed by atoms with Gasteiger partial charge < -0.3 is 11.1 Å². The molecule has 2 rings (SSSR count). The van der Waals surface area contributed by atoms with Crippen LogP contribution in [-0.2, 0) is 0 Å². The van der Waals surface area contributed by atoms with Crippen LogP contribution in [0, 0.1) is 27.7 Å². The summed E-state index contributed by atoms with van der Waals surface area (Å²) in [5, 5.41) is 3.55. The van der Waals surface area contributed by atoms with Gasteiger partial charge in [0.25, 0.3) is 0 Å². The van der Waals surface area contributed by atoms with Crippen molar-refractivity contribution in [2.45, 2.75) is 33.7 Å². The van der Waals surface area contributed by atoms with Gasteiger partial charge in [-0.15, -0.1) is 0 Å². The second-order valence-corrected chi connectivity index (χ2v) is 5.60. The number of rotatable bonds is 4. The van der Waals surface area contributed by atoms with Gasteiger partial charge >= 0.3 is 0 Å². The number of hydrogen-bond acceptors (Lipinski definition) is 2. The van der Waals surface area contributed by atoms with E-state index in [2.05, 4.69) is 69.4 Å². The SMILES string of the molecule is Cc1cccc(NC(CN)c2cc(C)c(C)cc2C)c1. The molecule has 0 amide bonds. The topological polar surface area (TPSA) is 38.0 Å². The van der Waals surface area contributed by atoms with E-state index in [-0.39, 0.29) is 6.04 Å². The number of hydrogen-bond donors (Lipinski definition) is 2. The van der Waals surface area contributed by atoms with Gasteiger partial charge in [0.2, 0.25) is 0 Å². The molecule has 0 bridgehead atoms. The molecule has 0 aliphatic rings. The number of nitrogens with two attached hydrogens (primary N) is 1. The lowest BCUT2D eigenvalue weighted by Gasteiger charge is -2.22. The third kappa shape index (κ3) is 3.20. The van der Waals surface area contributed by atoms with Gasteiger partial charge in [0.05, 0.1) is 6.04 Å². The zero-order valence-corrected chi connectivity index (χ0v) is 12.8. The molecule has 2 nitrogen and oxygen atoms in total. The Kier molecular flexibility index (Phi) is 4.46. The molecule has 20 heavy (non-hydrogen) atoms. The lowest BCUT2D eigenvalue weighted by Crippen LogP contribution is -2.21. The molecule has 0 aliphatic carbocycles. The number of nitrogens with one attached hydrogen (secondary N) is 1. The van der Waals surface area contributed by atoms with E-state index in [1.165, 1.54) is 27.8 Å². The highest BCUT2D eigenvalue weighted by Crippen LogP contribution is 2.25. The molecule has 0 saturated carbocycles. The van der Waals surface area contributed by atoms with E-state index in [0.717, 1.165) is 5.69 Å². The van der Waals surface area contributed by atoms with Crippen molar-refractivity contribution in [3.05, 3.63) is 64.2 Å². The molecule has 0 aromatic heterocycles. The lowest BCUT2D eigenvalue weighted by atomic mass is 9.95. The van der Waals surface area contributed by atoms with Crippen LogP contribution in [-0.4, -0.2) is 6.54 Å². The Labute approximate surface area is 122 Å². The minimum atomic E-state index is 0.149. The van der Waals surface area contributed by atoms with E-state index in [0.29, 0.717) is 6.54 Å². The molecule has 2 aromatic rings. The maximum atomic E-state index is 5.99. The summed E-state index contributed by atoms with van der Waals surface area (Å²) >= 11 is 0. The Hall–Kier alpha value is -1.80. The standard InChI is InChI=1S/C18H24N2/c1-12-6-5-7-16(8-12)20-18(11-19)17-10-14(3)13(2)9-15(17)4/h5-10,18,20H,11,19H2,1-4H3. The largest absolute Gasteiger partial charge is 0.377 e. The van der Waals surface area contributed by atoms with Gasteiger partial charge in [-0.2, -0.15) is 0 Å². The summed E-state index contributed by atoms with van der Waals surface area (Å²) in [6.07, 6.45) is 0. The van der Waals surface area contributed by atoms with E-state index >= 15 is 0 Å². The highest BCUT2D eigenvalue weighted by atomic mass is 14.9. The van der Waals surface area contributed by atoms with E-state index in [4.69, 9.17) is 5.73 Å². The van der Waals surface area contributed by atoms with Crippen LogP contribution in [0.5, 0.6) is 0 Å². The van der Waals surface area contributed by atoms with Crippen LogP contribution in [0.3, 0.4) is 0 Å². The molecule has 0 radical (unpaired) electrons. The average molecular weight is 268 g/mol. The third-order valence-corrected chi connectivity index (χ3v) is 3.85. The zero-order chi connectivity index (χ0) is 14.7. The van der Waals surface area contributed by atoms with E-state index in [1.54, 1.807) is 0 Å². The van der Waals surface area contributed by atoms with E-state index in [9.17, 15) is 0 Å². The first-order valence-electron chi connectivity index (χ1n) is 7.12. The second kappa shape index (κ2) is 6.10. The zero-order valence-electron chi connectivity index (χ0n) is 12.8. The Morgan fingerprint density at radius 2 is 1.65 bits per heavy atom. The molecule has 0 aliphatic heterocycles. The quantitative estimate of drug-likeness (QED) is 0.878. The van der Waals surface area contributed by atoms with Gasteiger partial charge in [-0.25, -0.2) is 0 Å². The molecular formula is C18H24N2. The third-order valence-electron chi connectivity index (χ3n) is 3.85.